The lowest BCUT2D eigenvalue weighted by molar-refractivity contribution is -0.121. The fraction of sp³-hybridized carbons (Fsp3) is 0.875. The zero-order chi connectivity index (χ0) is 11.6. The third-order valence-corrected chi connectivity index (χ3v) is 2.03. The molecule has 1 atom stereocenters. The Morgan fingerprint density at radius 3 is 2.14 bits per heavy atom. The minimum atomic E-state index is -3.50. The highest BCUT2D eigenvalue weighted by Gasteiger charge is 2.22. The average Bonchev–Trinajstić information content (AvgIpc) is 1.78. The highest BCUT2D eigenvalue weighted by molar-refractivity contribution is 7.89. The van der Waals surface area contributed by atoms with Crippen LogP contribution in [0.15, 0.2) is 0 Å². The molecule has 84 valence electrons. The zero-order valence-electron chi connectivity index (χ0n) is 8.99. The van der Waals surface area contributed by atoms with Crippen molar-refractivity contribution in [2.45, 2.75) is 33.2 Å². The van der Waals surface area contributed by atoms with Crippen molar-refractivity contribution in [2.75, 3.05) is 6.26 Å². The smallest absolute Gasteiger partial charge is 0.250 e. The fourth-order valence-electron chi connectivity index (χ4n) is 1.01. The summed E-state index contributed by atoms with van der Waals surface area (Å²) in [6.07, 6.45) is 1.36. The molecule has 0 aromatic rings. The van der Waals surface area contributed by atoms with Gasteiger partial charge < -0.3 is 5.73 Å². The van der Waals surface area contributed by atoms with Crippen molar-refractivity contribution >= 4 is 15.9 Å². The van der Waals surface area contributed by atoms with E-state index in [0.717, 1.165) is 6.26 Å². The summed E-state index contributed by atoms with van der Waals surface area (Å²) in [5, 5.41) is 0. The molecule has 3 N–H and O–H groups in total. The van der Waals surface area contributed by atoms with Gasteiger partial charge in [0.05, 0.1) is 12.3 Å². The highest BCUT2D eigenvalue weighted by Crippen LogP contribution is 2.19. The second-order valence-corrected chi connectivity index (χ2v) is 6.36. The van der Waals surface area contributed by atoms with E-state index >= 15 is 0 Å². The van der Waals surface area contributed by atoms with Crippen molar-refractivity contribution in [2.24, 2.45) is 11.1 Å². The molecule has 0 spiro atoms. The summed E-state index contributed by atoms with van der Waals surface area (Å²) in [7, 11) is -3.50. The number of nitrogens with two attached hydrogens (primary N) is 1. The lowest BCUT2D eigenvalue weighted by atomic mass is 9.88. The summed E-state index contributed by atoms with van der Waals surface area (Å²) >= 11 is 0. The molecule has 14 heavy (non-hydrogen) atoms. The Hall–Kier alpha value is -0.620. The quantitative estimate of drug-likeness (QED) is 0.693. The van der Waals surface area contributed by atoms with Crippen molar-refractivity contribution < 1.29 is 13.2 Å². The first-order valence-electron chi connectivity index (χ1n) is 4.28. The molecule has 5 nitrogen and oxygen atoms in total. The van der Waals surface area contributed by atoms with Crippen LogP contribution in [0.25, 0.3) is 0 Å². The van der Waals surface area contributed by atoms with Crippen LogP contribution in [0.1, 0.15) is 27.2 Å². The lowest BCUT2D eigenvalue weighted by Gasteiger charge is -2.22. The molecule has 1 amide bonds. The fourth-order valence-corrected chi connectivity index (χ4v) is 1.53. The Morgan fingerprint density at radius 2 is 1.86 bits per heavy atom. The summed E-state index contributed by atoms with van der Waals surface area (Å²) in [5.74, 6) is -0.651. The van der Waals surface area contributed by atoms with E-state index in [9.17, 15) is 13.2 Å². The Labute approximate surface area is 85.1 Å². The van der Waals surface area contributed by atoms with Gasteiger partial charge in [0.25, 0.3) is 0 Å². The lowest BCUT2D eigenvalue weighted by Crippen LogP contribution is -2.44. The van der Waals surface area contributed by atoms with Crippen molar-refractivity contribution in [3.63, 3.8) is 0 Å². The minimum Gasteiger partial charge on any atom is -0.320 e. The van der Waals surface area contributed by atoms with Crippen molar-refractivity contribution in [1.29, 1.82) is 0 Å². The van der Waals surface area contributed by atoms with Gasteiger partial charge >= 0.3 is 0 Å². The molecule has 0 aliphatic rings. The van der Waals surface area contributed by atoms with Crippen LogP contribution in [0.3, 0.4) is 0 Å². The third kappa shape index (κ3) is 6.85. The number of sulfonamides is 1. The molecular weight excluding hydrogens is 204 g/mol. The van der Waals surface area contributed by atoms with Gasteiger partial charge in [-0.3, -0.25) is 9.52 Å². The predicted molar refractivity (Wildman–Crippen MR) is 55.0 cm³/mol. The summed E-state index contributed by atoms with van der Waals surface area (Å²) in [4.78, 5) is 11.2. The molecule has 0 rings (SSSR count). The minimum absolute atomic E-state index is 0.103. The molecule has 0 saturated carbocycles. The van der Waals surface area contributed by atoms with Gasteiger partial charge in [0.2, 0.25) is 15.9 Å². The number of rotatable bonds is 3. The topological polar surface area (TPSA) is 89.3 Å². The van der Waals surface area contributed by atoms with Crippen molar-refractivity contribution in [1.82, 2.24) is 4.72 Å². The van der Waals surface area contributed by atoms with Gasteiger partial charge in [-0.1, -0.05) is 20.8 Å². The largest absolute Gasteiger partial charge is 0.320 e. The van der Waals surface area contributed by atoms with E-state index < -0.39 is 22.0 Å². The molecule has 0 aromatic carbocycles. The standard InChI is InChI=1S/C8H18N2O3S/c1-8(2,3)5-6(9)7(11)10-14(4,12)13/h6H,5,9H2,1-4H3,(H,10,11)/t6-/m0/s1. The van der Waals surface area contributed by atoms with Gasteiger partial charge in [-0.05, 0) is 11.8 Å². The monoisotopic (exact) mass is 222 g/mol. The van der Waals surface area contributed by atoms with Gasteiger partial charge in [0.15, 0.2) is 0 Å². The number of nitrogens with one attached hydrogen (secondary N) is 1. The van der Waals surface area contributed by atoms with Crippen molar-refractivity contribution in [3.8, 4) is 0 Å². The molecule has 0 saturated heterocycles. The summed E-state index contributed by atoms with van der Waals surface area (Å²) in [6.45, 7) is 5.79. The maximum Gasteiger partial charge on any atom is 0.250 e. The van der Waals surface area contributed by atoms with E-state index in [1.807, 2.05) is 25.5 Å². The third-order valence-electron chi connectivity index (χ3n) is 1.46. The molecule has 0 fully saturated rings. The van der Waals surface area contributed by atoms with Crippen LogP contribution < -0.4 is 10.5 Å². The molecule has 0 aromatic heterocycles. The normalized spacial score (nSPS) is 14.9. The molecule has 0 aliphatic carbocycles. The second kappa shape index (κ2) is 4.27. The van der Waals surface area contributed by atoms with Crippen LogP contribution in [0.5, 0.6) is 0 Å². The van der Waals surface area contributed by atoms with Gasteiger partial charge in [-0.2, -0.15) is 0 Å². The van der Waals surface area contributed by atoms with Gasteiger partial charge in [-0.15, -0.1) is 0 Å². The van der Waals surface area contributed by atoms with E-state index in [1.54, 1.807) is 0 Å². The van der Waals surface area contributed by atoms with Gasteiger partial charge in [-0.25, -0.2) is 8.42 Å². The van der Waals surface area contributed by atoms with Gasteiger partial charge in [0.1, 0.15) is 0 Å². The number of carbonyl (C=O) groups is 1. The molecule has 0 bridgehead atoms. The average molecular weight is 222 g/mol. The Bertz CT molecular complexity index is 303. The maximum absolute atomic E-state index is 11.2. The van der Waals surface area contributed by atoms with Crippen LogP contribution >= 0.6 is 0 Å². The summed E-state index contributed by atoms with van der Waals surface area (Å²) < 4.78 is 23.3. The van der Waals surface area contributed by atoms with Crippen LogP contribution in [-0.2, 0) is 14.8 Å². The Balaban J connectivity index is 4.29. The number of amides is 1. The van der Waals surface area contributed by atoms with Gasteiger partial charge in [0, 0.05) is 0 Å². The van der Waals surface area contributed by atoms with Crippen LogP contribution in [-0.4, -0.2) is 26.6 Å². The van der Waals surface area contributed by atoms with E-state index in [2.05, 4.69) is 0 Å². The molecule has 0 radical (unpaired) electrons. The summed E-state index contributed by atoms with van der Waals surface area (Å²) in [6, 6.07) is -0.787. The van der Waals surface area contributed by atoms with E-state index in [0.29, 0.717) is 6.42 Å². The Kier molecular flexibility index (Phi) is 4.08. The van der Waals surface area contributed by atoms with Crippen molar-refractivity contribution in [3.05, 3.63) is 0 Å². The SMILES string of the molecule is CC(C)(C)C[C@H](N)C(=O)NS(C)(=O)=O. The van der Waals surface area contributed by atoms with E-state index in [1.165, 1.54) is 0 Å². The van der Waals surface area contributed by atoms with Crippen LogP contribution in [0.2, 0.25) is 0 Å². The first kappa shape index (κ1) is 13.4. The molecule has 6 heteroatoms. The van der Waals surface area contributed by atoms with E-state index in [4.69, 9.17) is 5.73 Å². The highest BCUT2D eigenvalue weighted by atomic mass is 32.2. The van der Waals surface area contributed by atoms with E-state index in [-0.39, 0.29) is 5.41 Å². The maximum atomic E-state index is 11.2. The first-order valence-corrected chi connectivity index (χ1v) is 6.18. The first-order chi connectivity index (χ1) is 6.01. The molecule has 0 aliphatic heterocycles. The molecule has 0 heterocycles. The predicted octanol–water partition coefficient (Wildman–Crippen LogP) is -0.174. The van der Waals surface area contributed by atoms with Crippen LogP contribution in [0, 0.1) is 5.41 Å². The second-order valence-electron chi connectivity index (χ2n) is 4.61. The Morgan fingerprint density at radius 1 is 1.43 bits per heavy atom. The molecular formula is C8H18N2O3S. The summed E-state index contributed by atoms with van der Waals surface area (Å²) in [5.41, 5.74) is 5.43. The van der Waals surface area contributed by atoms with Crippen LogP contribution in [0.4, 0.5) is 0 Å². The number of hydrogen-bond acceptors (Lipinski definition) is 4. The number of hydrogen-bond donors (Lipinski definition) is 2. The number of carbonyl (C=O) groups excluding carboxylic acids is 1. The zero-order valence-corrected chi connectivity index (χ0v) is 9.81. The molecule has 0 unspecified atom stereocenters.